The predicted molar refractivity (Wildman–Crippen MR) is 111 cm³/mol. The predicted octanol–water partition coefficient (Wildman–Crippen LogP) is 4.75. The Labute approximate surface area is 172 Å². The molecule has 1 aromatic carbocycles. The van der Waals surface area contributed by atoms with Crippen LogP contribution in [0.15, 0.2) is 42.2 Å². The van der Waals surface area contributed by atoms with Crippen LogP contribution in [0.3, 0.4) is 0 Å². The average Bonchev–Trinajstić information content (AvgIpc) is 3.02. The van der Waals surface area contributed by atoms with Crippen molar-refractivity contribution in [2.45, 2.75) is 57.8 Å². The number of rotatable bonds is 2. The fourth-order valence-electron chi connectivity index (χ4n) is 6.39. The first kappa shape index (κ1) is 18.7. The summed E-state index contributed by atoms with van der Waals surface area (Å²) < 4.78 is 5.69. The van der Waals surface area contributed by atoms with Gasteiger partial charge in [-0.3, -0.25) is 4.79 Å². The molecule has 152 valence electrons. The van der Waals surface area contributed by atoms with E-state index in [4.69, 9.17) is 4.74 Å². The molecule has 2 fully saturated rings. The van der Waals surface area contributed by atoms with Crippen molar-refractivity contribution in [1.82, 2.24) is 4.90 Å². The second-order valence-corrected chi connectivity index (χ2v) is 9.49. The summed E-state index contributed by atoms with van der Waals surface area (Å²) in [6.45, 7) is 2.22. The first-order chi connectivity index (χ1) is 14.0. The van der Waals surface area contributed by atoms with Crippen molar-refractivity contribution in [3.05, 3.63) is 53.4 Å². The van der Waals surface area contributed by atoms with Crippen molar-refractivity contribution in [3.63, 3.8) is 0 Å². The third-order valence-corrected chi connectivity index (χ3v) is 7.92. The summed E-state index contributed by atoms with van der Waals surface area (Å²) >= 11 is 0. The van der Waals surface area contributed by atoms with Gasteiger partial charge in [0, 0.05) is 31.5 Å². The number of carbonyl (C=O) groups is 2. The Morgan fingerprint density at radius 2 is 2.07 bits per heavy atom. The van der Waals surface area contributed by atoms with Crippen LogP contribution in [0, 0.1) is 17.3 Å². The molecule has 1 aromatic rings. The number of nitrogens with zero attached hydrogens (tertiary/aromatic N) is 1. The highest BCUT2D eigenvalue weighted by molar-refractivity contribution is 5.90. The van der Waals surface area contributed by atoms with Gasteiger partial charge in [0.15, 0.2) is 0 Å². The molecule has 1 aliphatic heterocycles. The molecule has 1 heterocycles. The Morgan fingerprint density at radius 3 is 2.90 bits per heavy atom. The van der Waals surface area contributed by atoms with Gasteiger partial charge in [0.2, 0.25) is 0 Å². The second-order valence-electron chi connectivity index (χ2n) is 9.49. The molecule has 0 amide bonds. The van der Waals surface area contributed by atoms with Crippen molar-refractivity contribution in [3.8, 4) is 5.75 Å². The van der Waals surface area contributed by atoms with Gasteiger partial charge in [-0.25, -0.2) is 4.79 Å². The Morgan fingerprint density at radius 1 is 1.21 bits per heavy atom. The number of allylic oxidation sites excluding steroid dienone is 1. The summed E-state index contributed by atoms with van der Waals surface area (Å²) in [5.74, 6) is 2.58. The van der Waals surface area contributed by atoms with E-state index in [1.54, 1.807) is 0 Å². The van der Waals surface area contributed by atoms with Gasteiger partial charge < -0.3 is 9.64 Å². The van der Waals surface area contributed by atoms with Crippen LogP contribution in [0.25, 0.3) is 0 Å². The minimum Gasteiger partial charge on any atom is -0.423 e. The van der Waals surface area contributed by atoms with Gasteiger partial charge >= 0.3 is 5.97 Å². The Hall–Kier alpha value is -2.36. The van der Waals surface area contributed by atoms with E-state index in [0.29, 0.717) is 41.3 Å². The van der Waals surface area contributed by atoms with Crippen LogP contribution in [-0.4, -0.2) is 23.7 Å². The van der Waals surface area contributed by atoms with Crippen molar-refractivity contribution in [2.24, 2.45) is 17.3 Å². The SMILES string of the molecule is CN1C=CCC(C(=O)Oc2ccc3c(c2)CC[C@@H]2[C@@H]3CC[C@]3(C)C(=O)CC[C@@H]23)=C1. The van der Waals surface area contributed by atoms with Gasteiger partial charge in [-0.15, -0.1) is 0 Å². The van der Waals surface area contributed by atoms with Crippen molar-refractivity contribution in [2.75, 3.05) is 7.05 Å². The summed E-state index contributed by atoms with van der Waals surface area (Å²) in [6.07, 6.45) is 12.5. The molecule has 4 aliphatic rings. The standard InChI is InChI=1S/C25H29NO3/c1-25-12-11-20-19-8-6-18(29-24(28)17-4-3-13-26(2)15-17)14-16(19)5-7-21(20)22(25)9-10-23(25)27/h3,6,8,13-15,20-22H,4-5,7,9-12H2,1-2H3/t20-,21-,22+,25+/m1/s1. The molecule has 5 rings (SSSR count). The molecule has 0 aromatic heterocycles. The summed E-state index contributed by atoms with van der Waals surface area (Å²) in [6, 6.07) is 6.20. The number of esters is 1. The average molecular weight is 392 g/mol. The summed E-state index contributed by atoms with van der Waals surface area (Å²) in [5.41, 5.74) is 3.33. The normalized spacial score (nSPS) is 32.9. The zero-order chi connectivity index (χ0) is 20.2. The van der Waals surface area contributed by atoms with Gasteiger partial charge in [-0.05, 0) is 79.3 Å². The van der Waals surface area contributed by atoms with E-state index < -0.39 is 0 Å². The van der Waals surface area contributed by atoms with Crippen LogP contribution >= 0.6 is 0 Å². The Balaban J connectivity index is 1.35. The van der Waals surface area contributed by atoms with E-state index in [2.05, 4.69) is 19.1 Å². The molecule has 29 heavy (non-hydrogen) atoms. The Bertz CT molecular complexity index is 930. The van der Waals surface area contributed by atoms with Crippen LogP contribution in [0.2, 0.25) is 0 Å². The highest BCUT2D eigenvalue weighted by Crippen LogP contribution is 2.59. The largest absolute Gasteiger partial charge is 0.423 e. The minimum absolute atomic E-state index is 0.0799. The number of ketones is 1. The molecule has 0 saturated heterocycles. The molecule has 3 aliphatic carbocycles. The molecule has 0 bridgehead atoms. The van der Waals surface area contributed by atoms with Crippen molar-refractivity contribution in [1.29, 1.82) is 0 Å². The molecule has 0 spiro atoms. The lowest BCUT2D eigenvalue weighted by molar-refractivity contribution is -0.130. The van der Waals surface area contributed by atoms with Crippen LogP contribution < -0.4 is 4.74 Å². The molecule has 0 unspecified atom stereocenters. The first-order valence-electron chi connectivity index (χ1n) is 10.9. The Kier molecular flexibility index (Phi) is 4.41. The lowest BCUT2D eigenvalue weighted by Crippen LogP contribution is -2.42. The second kappa shape index (κ2) is 6.86. The molecule has 4 nitrogen and oxygen atoms in total. The molecule has 2 saturated carbocycles. The van der Waals surface area contributed by atoms with E-state index in [0.717, 1.165) is 38.5 Å². The maximum absolute atomic E-state index is 12.5. The van der Waals surface area contributed by atoms with Crippen LogP contribution in [0.4, 0.5) is 0 Å². The third kappa shape index (κ3) is 3.04. The lowest BCUT2D eigenvalue weighted by Gasteiger charge is -2.48. The minimum atomic E-state index is -0.271. The van der Waals surface area contributed by atoms with E-state index in [1.807, 2.05) is 36.5 Å². The summed E-state index contributed by atoms with van der Waals surface area (Å²) in [7, 11) is 1.91. The monoisotopic (exact) mass is 391 g/mol. The van der Waals surface area contributed by atoms with Crippen LogP contribution in [0.5, 0.6) is 5.75 Å². The molecular formula is C25H29NO3. The number of aryl methyl sites for hydroxylation is 1. The number of Topliss-reactive ketones (excluding diaryl/α,β-unsaturated/α-hetero) is 1. The summed E-state index contributed by atoms with van der Waals surface area (Å²) in [5, 5.41) is 0. The number of fused-ring (bicyclic) bond motifs is 5. The molecular weight excluding hydrogens is 362 g/mol. The van der Waals surface area contributed by atoms with Gasteiger partial charge in [0.25, 0.3) is 0 Å². The van der Waals surface area contributed by atoms with Gasteiger partial charge in [0.05, 0.1) is 5.57 Å². The van der Waals surface area contributed by atoms with Crippen molar-refractivity contribution >= 4 is 11.8 Å². The quantitative estimate of drug-likeness (QED) is 0.539. The van der Waals surface area contributed by atoms with Crippen LogP contribution in [0.1, 0.15) is 62.5 Å². The first-order valence-corrected chi connectivity index (χ1v) is 10.9. The number of benzene rings is 1. The third-order valence-electron chi connectivity index (χ3n) is 7.92. The zero-order valence-electron chi connectivity index (χ0n) is 17.3. The van der Waals surface area contributed by atoms with E-state index in [-0.39, 0.29) is 11.4 Å². The van der Waals surface area contributed by atoms with Gasteiger partial charge in [-0.1, -0.05) is 19.1 Å². The number of ether oxygens (including phenoxy) is 1. The van der Waals surface area contributed by atoms with Crippen LogP contribution in [-0.2, 0) is 16.0 Å². The van der Waals surface area contributed by atoms with E-state index >= 15 is 0 Å². The van der Waals surface area contributed by atoms with E-state index in [1.165, 1.54) is 11.1 Å². The lowest BCUT2D eigenvalue weighted by atomic mass is 9.55. The maximum atomic E-state index is 12.5. The number of hydrogen-bond donors (Lipinski definition) is 0. The topological polar surface area (TPSA) is 46.6 Å². The van der Waals surface area contributed by atoms with Gasteiger partial charge in [-0.2, -0.15) is 0 Å². The number of carbonyl (C=O) groups excluding carboxylic acids is 2. The fourth-order valence-corrected chi connectivity index (χ4v) is 6.39. The highest BCUT2D eigenvalue weighted by atomic mass is 16.5. The van der Waals surface area contributed by atoms with E-state index in [9.17, 15) is 9.59 Å². The molecule has 4 atom stereocenters. The highest BCUT2D eigenvalue weighted by Gasteiger charge is 2.54. The van der Waals surface area contributed by atoms with Gasteiger partial charge in [0.1, 0.15) is 11.5 Å². The maximum Gasteiger partial charge on any atom is 0.341 e. The smallest absolute Gasteiger partial charge is 0.341 e. The molecule has 0 N–H and O–H groups in total. The molecule has 0 radical (unpaired) electrons. The zero-order valence-corrected chi connectivity index (χ0v) is 17.3. The fraction of sp³-hybridized carbons (Fsp3) is 0.520. The summed E-state index contributed by atoms with van der Waals surface area (Å²) in [4.78, 5) is 26.9. The van der Waals surface area contributed by atoms with Crippen molar-refractivity contribution < 1.29 is 14.3 Å². The molecule has 4 heteroatoms. The number of hydrogen-bond acceptors (Lipinski definition) is 4.